The van der Waals surface area contributed by atoms with Crippen LogP contribution in [0.1, 0.15) is 85.5 Å². The first-order chi connectivity index (χ1) is 13.6. The SMILES string of the molecule is C[C@@H]1CC2C[C@H](O)CC[C@]2(C)C2C[C@H](O)[C@@]3(C)C(CC[C@@H]3[C@H](C)CCC(=O)O)C21. The molecule has 4 heteroatoms. The van der Waals surface area contributed by atoms with Gasteiger partial charge in [-0.15, -0.1) is 0 Å². The van der Waals surface area contributed by atoms with Crippen LogP contribution in [0, 0.1) is 52.3 Å². The van der Waals surface area contributed by atoms with Gasteiger partial charge in [0.1, 0.15) is 0 Å². The Hall–Kier alpha value is -0.610. The van der Waals surface area contributed by atoms with Crippen LogP contribution in [-0.2, 0) is 4.79 Å². The summed E-state index contributed by atoms with van der Waals surface area (Å²) in [6.07, 6.45) is 7.91. The molecular formula is C25H42O4. The van der Waals surface area contributed by atoms with Gasteiger partial charge in [0.05, 0.1) is 12.2 Å². The molecule has 11 atom stereocenters. The van der Waals surface area contributed by atoms with Crippen molar-refractivity contribution in [3.05, 3.63) is 0 Å². The van der Waals surface area contributed by atoms with Gasteiger partial charge < -0.3 is 15.3 Å². The zero-order chi connectivity index (χ0) is 21.1. The smallest absolute Gasteiger partial charge is 0.303 e. The van der Waals surface area contributed by atoms with Crippen molar-refractivity contribution in [3.8, 4) is 0 Å². The second-order valence-corrected chi connectivity index (χ2v) is 11.8. The number of carbonyl (C=O) groups is 1. The Morgan fingerprint density at radius 3 is 2.48 bits per heavy atom. The maximum atomic E-state index is 11.6. The molecule has 0 saturated heterocycles. The third-order valence-electron chi connectivity index (χ3n) is 10.7. The monoisotopic (exact) mass is 406 g/mol. The van der Waals surface area contributed by atoms with E-state index in [2.05, 4.69) is 27.7 Å². The molecule has 4 unspecified atom stereocenters. The van der Waals surface area contributed by atoms with E-state index in [0.717, 1.165) is 38.5 Å². The molecule has 4 aliphatic rings. The Balaban J connectivity index is 1.61. The van der Waals surface area contributed by atoms with Gasteiger partial charge in [0.2, 0.25) is 0 Å². The maximum Gasteiger partial charge on any atom is 0.303 e. The van der Waals surface area contributed by atoms with Crippen LogP contribution in [0.25, 0.3) is 0 Å². The van der Waals surface area contributed by atoms with Crippen LogP contribution < -0.4 is 0 Å². The summed E-state index contributed by atoms with van der Waals surface area (Å²) in [5, 5.41) is 31.0. The third-order valence-corrected chi connectivity index (χ3v) is 10.7. The molecule has 4 rings (SSSR count). The lowest BCUT2D eigenvalue weighted by Crippen LogP contribution is -2.60. The molecule has 0 radical (unpaired) electrons. The first-order valence-corrected chi connectivity index (χ1v) is 12.2. The summed E-state index contributed by atoms with van der Waals surface area (Å²) in [6.45, 7) is 9.44. The molecule has 0 aromatic rings. The molecular weight excluding hydrogens is 364 g/mol. The zero-order valence-electron chi connectivity index (χ0n) is 18.8. The van der Waals surface area contributed by atoms with E-state index in [1.54, 1.807) is 0 Å². The molecule has 4 fully saturated rings. The second kappa shape index (κ2) is 7.51. The van der Waals surface area contributed by atoms with E-state index in [1.807, 2.05) is 0 Å². The number of hydrogen-bond acceptors (Lipinski definition) is 3. The average Bonchev–Trinajstić information content (AvgIpc) is 3.01. The Morgan fingerprint density at radius 2 is 1.79 bits per heavy atom. The lowest BCUT2D eigenvalue weighted by molar-refractivity contribution is -0.190. The number of rotatable bonds is 4. The van der Waals surface area contributed by atoms with E-state index in [4.69, 9.17) is 5.11 Å². The Morgan fingerprint density at radius 1 is 1.07 bits per heavy atom. The number of hydrogen-bond donors (Lipinski definition) is 3. The van der Waals surface area contributed by atoms with Gasteiger partial charge >= 0.3 is 5.97 Å². The fourth-order valence-corrected chi connectivity index (χ4v) is 9.10. The van der Waals surface area contributed by atoms with Crippen LogP contribution in [0.15, 0.2) is 0 Å². The number of aliphatic hydroxyl groups is 2. The van der Waals surface area contributed by atoms with Gasteiger partial charge in [0, 0.05) is 6.42 Å². The van der Waals surface area contributed by atoms with Crippen molar-refractivity contribution in [2.45, 2.75) is 97.7 Å². The maximum absolute atomic E-state index is 11.6. The Labute approximate surface area is 176 Å². The van der Waals surface area contributed by atoms with E-state index in [-0.39, 0.29) is 29.5 Å². The van der Waals surface area contributed by atoms with Gasteiger partial charge in [0.15, 0.2) is 0 Å². The van der Waals surface area contributed by atoms with E-state index in [1.165, 1.54) is 12.8 Å². The molecule has 29 heavy (non-hydrogen) atoms. The number of fused-ring (bicyclic) bond motifs is 5. The lowest BCUT2D eigenvalue weighted by atomic mass is 9.42. The van der Waals surface area contributed by atoms with Crippen molar-refractivity contribution in [2.75, 3.05) is 0 Å². The fourth-order valence-electron chi connectivity index (χ4n) is 9.10. The van der Waals surface area contributed by atoms with Crippen molar-refractivity contribution in [3.63, 3.8) is 0 Å². The lowest BCUT2D eigenvalue weighted by Gasteiger charge is -2.64. The van der Waals surface area contributed by atoms with Gasteiger partial charge in [-0.2, -0.15) is 0 Å². The minimum absolute atomic E-state index is 0.0786. The minimum atomic E-state index is -0.708. The molecule has 166 valence electrons. The molecule has 4 nitrogen and oxygen atoms in total. The number of aliphatic carboxylic acids is 1. The molecule has 4 saturated carbocycles. The minimum Gasteiger partial charge on any atom is -0.481 e. The van der Waals surface area contributed by atoms with Crippen molar-refractivity contribution < 1.29 is 20.1 Å². The molecule has 0 spiro atoms. The summed E-state index contributed by atoms with van der Waals surface area (Å²) in [5.41, 5.74) is 0.177. The Bertz CT molecular complexity index is 634. The summed E-state index contributed by atoms with van der Waals surface area (Å²) in [6, 6.07) is 0. The van der Waals surface area contributed by atoms with Gasteiger partial charge in [-0.1, -0.05) is 27.7 Å². The normalized spacial score (nSPS) is 52.9. The number of aliphatic hydroxyl groups excluding tert-OH is 2. The van der Waals surface area contributed by atoms with Crippen LogP contribution in [0.5, 0.6) is 0 Å². The molecule has 0 heterocycles. The standard InChI is InChI=1S/C25H42O4/c1-14(5-8-22(28)29)18-6-7-19-23-15(2)11-16-12-17(26)9-10-24(16,3)20(23)13-21(27)25(18,19)4/h14-21,23,26-27H,5-13H2,1-4H3,(H,28,29)/t14-,15-,16?,17-,18-,19?,20?,21+,23?,24+,25-/m1/s1. The highest BCUT2D eigenvalue weighted by Crippen LogP contribution is 2.69. The summed E-state index contributed by atoms with van der Waals surface area (Å²) < 4.78 is 0. The predicted molar refractivity (Wildman–Crippen MR) is 113 cm³/mol. The molecule has 0 bridgehead atoms. The average molecular weight is 407 g/mol. The second-order valence-electron chi connectivity index (χ2n) is 11.8. The van der Waals surface area contributed by atoms with Crippen LogP contribution in [0.4, 0.5) is 0 Å². The highest BCUT2D eigenvalue weighted by molar-refractivity contribution is 5.66. The van der Waals surface area contributed by atoms with Crippen LogP contribution >= 0.6 is 0 Å². The van der Waals surface area contributed by atoms with E-state index >= 15 is 0 Å². The molecule has 3 N–H and O–H groups in total. The Kier molecular flexibility index (Phi) is 5.60. The predicted octanol–water partition coefficient (Wildman–Crippen LogP) is 4.72. The van der Waals surface area contributed by atoms with Crippen molar-refractivity contribution in [1.82, 2.24) is 0 Å². The summed E-state index contributed by atoms with van der Waals surface area (Å²) in [4.78, 5) is 11.1. The molecule has 0 aliphatic heterocycles. The van der Waals surface area contributed by atoms with Gasteiger partial charge in [-0.05, 0) is 104 Å². The van der Waals surface area contributed by atoms with Gasteiger partial charge in [-0.3, -0.25) is 4.79 Å². The van der Waals surface area contributed by atoms with Crippen LogP contribution in [-0.4, -0.2) is 33.5 Å². The van der Waals surface area contributed by atoms with E-state index < -0.39 is 5.97 Å². The quantitative estimate of drug-likeness (QED) is 0.631. The van der Waals surface area contributed by atoms with Crippen LogP contribution in [0.3, 0.4) is 0 Å². The van der Waals surface area contributed by atoms with Crippen molar-refractivity contribution in [2.24, 2.45) is 52.3 Å². The summed E-state index contributed by atoms with van der Waals surface area (Å²) >= 11 is 0. The van der Waals surface area contributed by atoms with Crippen molar-refractivity contribution >= 4 is 5.97 Å². The summed E-state index contributed by atoms with van der Waals surface area (Å²) in [7, 11) is 0. The molecule has 0 aromatic heterocycles. The van der Waals surface area contributed by atoms with Crippen LogP contribution in [0.2, 0.25) is 0 Å². The number of carboxylic acid groups (broad SMARTS) is 1. The zero-order valence-corrected chi connectivity index (χ0v) is 18.8. The van der Waals surface area contributed by atoms with Gasteiger partial charge in [0.25, 0.3) is 0 Å². The molecule has 4 aliphatic carbocycles. The summed E-state index contributed by atoms with van der Waals surface area (Å²) in [5.74, 6) is 3.07. The largest absolute Gasteiger partial charge is 0.481 e. The highest BCUT2D eigenvalue weighted by atomic mass is 16.4. The number of carboxylic acids is 1. The third kappa shape index (κ3) is 3.28. The molecule has 0 amide bonds. The fraction of sp³-hybridized carbons (Fsp3) is 0.960. The van der Waals surface area contributed by atoms with Gasteiger partial charge in [-0.25, -0.2) is 0 Å². The first-order valence-electron chi connectivity index (χ1n) is 12.2. The first kappa shape index (κ1) is 21.6. The highest BCUT2D eigenvalue weighted by Gasteiger charge is 2.65. The van der Waals surface area contributed by atoms with E-state index in [0.29, 0.717) is 41.4 Å². The topological polar surface area (TPSA) is 77.8 Å². The van der Waals surface area contributed by atoms with E-state index in [9.17, 15) is 15.0 Å². The van der Waals surface area contributed by atoms with Crippen molar-refractivity contribution in [1.29, 1.82) is 0 Å². The molecule has 0 aromatic carbocycles.